The maximum atomic E-state index is 12.9. The van der Waals surface area contributed by atoms with Gasteiger partial charge in [-0.05, 0) is 44.0 Å². The standard InChI is InChI=1S/C17H21F3N2O4/c18-17(19,20)13-3-1-2-4-14(13)26-11-12-5-7-22(8-6-12)10-15(23)21-9-16(24)25/h1-4,12H,5-11H2,(H,21,23)(H,24,25). The van der Waals surface area contributed by atoms with E-state index in [0.717, 1.165) is 6.07 Å². The zero-order valence-corrected chi connectivity index (χ0v) is 14.1. The first-order valence-electron chi connectivity index (χ1n) is 8.25. The highest BCUT2D eigenvalue weighted by Crippen LogP contribution is 2.36. The first kappa shape index (κ1) is 20.0. The fourth-order valence-corrected chi connectivity index (χ4v) is 2.78. The van der Waals surface area contributed by atoms with E-state index in [4.69, 9.17) is 9.84 Å². The molecule has 0 bridgehead atoms. The van der Waals surface area contributed by atoms with Gasteiger partial charge in [0.05, 0.1) is 18.7 Å². The molecule has 0 spiro atoms. The van der Waals surface area contributed by atoms with Gasteiger partial charge in [0.1, 0.15) is 12.3 Å². The summed E-state index contributed by atoms with van der Waals surface area (Å²) in [4.78, 5) is 23.9. The maximum absolute atomic E-state index is 12.9. The number of carbonyl (C=O) groups excluding carboxylic acids is 1. The van der Waals surface area contributed by atoms with Crippen LogP contribution in [0.4, 0.5) is 13.2 Å². The summed E-state index contributed by atoms with van der Waals surface area (Å²) >= 11 is 0. The highest BCUT2D eigenvalue weighted by atomic mass is 19.4. The molecule has 144 valence electrons. The number of benzene rings is 1. The van der Waals surface area contributed by atoms with Gasteiger partial charge in [0.15, 0.2) is 0 Å². The number of alkyl halides is 3. The Labute approximate surface area is 148 Å². The van der Waals surface area contributed by atoms with E-state index in [9.17, 15) is 22.8 Å². The fraction of sp³-hybridized carbons (Fsp3) is 0.529. The van der Waals surface area contributed by atoms with Crippen LogP contribution in [0.1, 0.15) is 18.4 Å². The van der Waals surface area contributed by atoms with Gasteiger partial charge >= 0.3 is 12.1 Å². The largest absolute Gasteiger partial charge is 0.493 e. The number of carbonyl (C=O) groups is 2. The second-order valence-electron chi connectivity index (χ2n) is 6.19. The van der Waals surface area contributed by atoms with Gasteiger partial charge in [-0.1, -0.05) is 12.1 Å². The summed E-state index contributed by atoms with van der Waals surface area (Å²) in [5.74, 6) is -1.53. The Morgan fingerprint density at radius 1 is 1.23 bits per heavy atom. The molecule has 1 heterocycles. The van der Waals surface area contributed by atoms with E-state index in [1.807, 2.05) is 4.90 Å². The number of ether oxygens (including phenoxy) is 1. The van der Waals surface area contributed by atoms with Gasteiger partial charge in [-0.3, -0.25) is 14.5 Å². The molecular weight excluding hydrogens is 353 g/mol. The predicted octanol–water partition coefficient (Wildman–Crippen LogP) is 2.00. The monoisotopic (exact) mass is 374 g/mol. The number of likely N-dealkylation sites (tertiary alicyclic amines) is 1. The highest BCUT2D eigenvalue weighted by Gasteiger charge is 2.34. The Bertz CT molecular complexity index is 629. The van der Waals surface area contributed by atoms with Gasteiger partial charge in [-0.25, -0.2) is 0 Å². The summed E-state index contributed by atoms with van der Waals surface area (Å²) in [6, 6.07) is 5.13. The summed E-state index contributed by atoms with van der Waals surface area (Å²) in [7, 11) is 0. The van der Waals surface area contributed by atoms with Crippen LogP contribution in [0.15, 0.2) is 24.3 Å². The minimum Gasteiger partial charge on any atom is -0.493 e. The van der Waals surface area contributed by atoms with Crippen molar-refractivity contribution in [1.82, 2.24) is 10.2 Å². The third-order valence-electron chi connectivity index (χ3n) is 4.18. The van der Waals surface area contributed by atoms with Crippen molar-refractivity contribution in [2.45, 2.75) is 19.0 Å². The summed E-state index contributed by atoms with van der Waals surface area (Å²) in [5.41, 5.74) is -0.785. The molecule has 1 aliphatic heterocycles. The molecule has 0 radical (unpaired) electrons. The Kier molecular flexibility index (Phi) is 6.84. The third-order valence-corrected chi connectivity index (χ3v) is 4.18. The van der Waals surface area contributed by atoms with E-state index in [-0.39, 0.29) is 30.7 Å². The molecule has 1 aliphatic rings. The second-order valence-corrected chi connectivity index (χ2v) is 6.19. The number of nitrogens with one attached hydrogen (secondary N) is 1. The Morgan fingerprint density at radius 2 is 1.88 bits per heavy atom. The van der Waals surface area contributed by atoms with Crippen LogP contribution in [0.2, 0.25) is 0 Å². The first-order chi connectivity index (χ1) is 12.3. The van der Waals surface area contributed by atoms with Gasteiger partial charge in [0.2, 0.25) is 5.91 Å². The molecular formula is C17H21F3N2O4. The Balaban J connectivity index is 1.76. The van der Waals surface area contributed by atoms with Crippen molar-refractivity contribution >= 4 is 11.9 Å². The van der Waals surface area contributed by atoms with Crippen LogP contribution >= 0.6 is 0 Å². The number of amides is 1. The summed E-state index contributed by atoms with van der Waals surface area (Å²) in [5, 5.41) is 10.8. The minimum absolute atomic E-state index is 0.106. The molecule has 9 heteroatoms. The van der Waals surface area contributed by atoms with Gasteiger partial charge < -0.3 is 15.2 Å². The molecule has 1 amide bonds. The van der Waals surface area contributed by atoms with Crippen LogP contribution in [-0.4, -0.2) is 54.7 Å². The van der Waals surface area contributed by atoms with Crippen molar-refractivity contribution in [3.05, 3.63) is 29.8 Å². The van der Waals surface area contributed by atoms with Crippen molar-refractivity contribution in [2.24, 2.45) is 5.92 Å². The van der Waals surface area contributed by atoms with Crippen molar-refractivity contribution < 1.29 is 32.6 Å². The summed E-state index contributed by atoms with van der Waals surface area (Å²) in [6.07, 6.45) is -3.07. The van der Waals surface area contributed by atoms with Gasteiger partial charge in [-0.15, -0.1) is 0 Å². The fourth-order valence-electron chi connectivity index (χ4n) is 2.78. The van der Waals surface area contributed by atoms with Crippen LogP contribution in [0, 0.1) is 5.92 Å². The minimum atomic E-state index is -4.46. The molecule has 2 rings (SSSR count). The lowest BCUT2D eigenvalue weighted by Gasteiger charge is -2.31. The van der Waals surface area contributed by atoms with Crippen LogP contribution in [0.5, 0.6) is 5.75 Å². The van der Waals surface area contributed by atoms with E-state index >= 15 is 0 Å². The van der Waals surface area contributed by atoms with E-state index in [1.165, 1.54) is 18.2 Å². The number of piperidine rings is 1. The molecule has 0 aliphatic carbocycles. The molecule has 1 saturated heterocycles. The Morgan fingerprint density at radius 3 is 2.50 bits per heavy atom. The topological polar surface area (TPSA) is 78.9 Å². The van der Waals surface area contributed by atoms with E-state index in [0.29, 0.717) is 25.9 Å². The third kappa shape index (κ3) is 6.21. The number of halogens is 3. The molecule has 6 nitrogen and oxygen atoms in total. The zero-order valence-electron chi connectivity index (χ0n) is 14.1. The smallest absolute Gasteiger partial charge is 0.419 e. The highest BCUT2D eigenvalue weighted by molar-refractivity contribution is 5.82. The summed E-state index contributed by atoms with van der Waals surface area (Å²) < 4.78 is 44.2. The van der Waals surface area contributed by atoms with E-state index < -0.39 is 24.3 Å². The number of rotatable bonds is 7. The van der Waals surface area contributed by atoms with Crippen molar-refractivity contribution in [2.75, 3.05) is 32.8 Å². The number of carboxylic acids is 1. The van der Waals surface area contributed by atoms with Crippen LogP contribution in [0.3, 0.4) is 0 Å². The predicted molar refractivity (Wildman–Crippen MR) is 86.7 cm³/mol. The molecule has 1 aromatic rings. The molecule has 0 atom stereocenters. The lowest BCUT2D eigenvalue weighted by Crippen LogP contribution is -2.43. The lowest BCUT2D eigenvalue weighted by atomic mass is 9.98. The zero-order chi connectivity index (χ0) is 19.2. The molecule has 0 aromatic heterocycles. The number of hydrogen-bond donors (Lipinski definition) is 2. The average Bonchev–Trinajstić information content (AvgIpc) is 2.59. The normalized spacial score (nSPS) is 16.3. The van der Waals surface area contributed by atoms with E-state index in [1.54, 1.807) is 0 Å². The SMILES string of the molecule is O=C(O)CNC(=O)CN1CCC(COc2ccccc2C(F)(F)F)CC1. The Hall–Kier alpha value is -2.29. The lowest BCUT2D eigenvalue weighted by molar-refractivity contribution is -0.139. The van der Waals surface area contributed by atoms with Crippen molar-refractivity contribution in [3.8, 4) is 5.75 Å². The van der Waals surface area contributed by atoms with Crippen molar-refractivity contribution in [3.63, 3.8) is 0 Å². The van der Waals surface area contributed by atoms with Crippen LogP contribution in [0.25, 0.3) is 0 Å². The number of para-hydroxylation sites is 1. The van der Waals surface area contributed by atoms with E-state index in [2.05, 4.69) is 5.32 Å². The molecule has 2 N–H and O–H groups in total. The van der Waals surface area contributed by atoms with Gasteiger partial charge in [-0.2, -0.15) is 13.2 Å². The number of nitrogens with zero attached hydrogens (tertiary/aromatic N) is 1. The quantitative estimate of drug-likeness (QED) is 0.763. The molecule has 26 heavy (non-hydrogen) atoms. The van der Waals surface area contributed by atoms with Crippen LogP contribution < -0.4 is 10.1 Å². The second kappa shape index (κ2) is 8.88. The molecule has 1 aromatic carbocycles. The summed E-state index contributed by atoms with van der Waals surface area (Å²) in [6.45, 7) is 1.09. The van der Waals surface area contributed by atoms with Gasteiger partial charge in [0.25, 0.3) is 0 Å². The van der Waals surface area contributed by atoms with Crippen LogP contribution in [-0.2, 0) is 15.8 Å². The van der Waals surface area contributed by atoms with Gasteiger partial charge in [0, 0.05) is 0 Å². The maximum Gasteiger partial charge on any atom is 0.419 e. The first-order valence-corrected chi connectivity index (χ1v) is 8.25. The molecule has 0 saturated carbocycles. The molecule has 1 fully saturated rings. The number of carboxylic acid groups (broad SMARTS) is 1. The van der Waals surface area contributed by atoms with Crippen molar-refractivity contribution in [1.29, 1.82) is 0 Å². The average molecular weight is 374 g/mol. The molecule has 0 unspecified atom stereocenters. The number of hydrogen-bond acceptors (Lipinski definition) is 4. The number of aliphatic carboxylic acids is 1.